The Bertz CT molecular complexity index is 619. The van der Waals surface area contributed by atoms with Crippen LogP contribution in [0.25, 0.3) is 0 Å². The third-order valence-corrected chi connectivity index (χ3v) is 6.31. The second-order valence-electron chi connectivity index (χ2n) is 5.83. The quantitative estimate of drug-likeness (QED) is 0.795. The Morgan fingerprint density at radius 2 is 2.33 bits per heavy atom. The van der Waals surface area contributed by atoms with Crippen LogP contribution in [-0.2, 0) is 14.3 Å². The molecule has 1 saturated heterocycles. The van der Waals surface area contributed by atoms with E-state index in [1.165, 1.54) is 7.11 Å². The summed E-state index contributed by atoms with van der Waals surface area (Å²) in [6.07, 6.45) is 3.63. The van der Waals surface area contributed by atoms with Crippen LogP contribution in [0.2, 0.25) is 0 Å². The normalized spacial score (nSPS) is 35.9. The topological polar surface area (TPSA) is 65.5 Å². The first-order chi connectivity index (χ1) is 10.2. The van der Waals surface area contributed by atoms with Crippen molar-refractivity contribution in [1.82, 2.24) is 4.98 Å². The standard InChI is InChI=1S/C15H15NO4S/c1-19-14(17)8-3-2-4-16-13(8)21-12-7-5-9-10(6-7)15(18)20-11(9)12/h2-4,7,9-12H,5-6H2,1H3/t7-,9+,10-,11-,12-/m1/s1. The monoisotopic (exact) mass is 305 g/mol. The first-order valence-electron chi connectivity index (χ1n) is 7.09. The maximum Gasteiger partial charge on any atom is 0.340 e. The Balaban J connectivity index is 1.61. The molecule has 3 aliphatic rings. The van der Waals surface area contributed by atoms with Gasteiger partial charge in [0.05, 0.1) is 23.8 Å². The van der Waals surface area contributed by atoms with Gasteiger partial charge in [0.25, 0.3) is 0 Å². The van der Waals surface area contributed by atoms with Gasteiger partial charge in [-0.1, -0.05) is 11.8 Å². The van der Waals surface area contributed by atoms with Crippen LogP contribution in [0.15, 0.2) is 23.4 Å². The summed E-state index contributed by atoms with van der Waals surface area (Å²) in [4.78, 5) is 27.9. The highest BCUT2D eigenvalue weighted by Gasteiger charge is 2.62. The third kappa shape index (κ3) is 1.88. The number of carbonyl (C=O) groups excluding carboxylic acids is 2. The van der Waals surface area contributed by atoms with E-state index >= 15 is 0 Å². The van der Waals surface area contributed by atoms with Gasteiger partial charge in [0.15, 0.2) is 0 Å². The number of carbonyl (C=O) groups is 2. The van der Waals surface area contributed by atoms with Crippen LogP contribution in [0, 0.1) is 17.8 Å². The number of hydrogen-bond donors (Lipinski definition) is 0. The second-order valence-corrected chi connectivity index (χ2v) is 7.00. The van der Waals surface area contributed by atoms with Crippen LogP contribution in [0.5, 0.6) is 0 Å². The van der Waals surface area contributed by atoms with E-state index in [4.69, 9.17) is 9.47 Å². The Kier molecular flexibility index (Phi) is 2.96. The van der Waals surface area contributed by atoms with Crippen LogP contribution in [0.4, 0.5) is 0 Å². The van der Waals surface area contributed by atoms with E-state index < -0.39 is 0 Å². The van der Waals surface area contributed by atoms with Gasteiger partial charge in [-0.3, -0.25) is 4.79 Å². The van der Waals surface area contributed by atoms with Gasteiger partial charge in [-0.15, -0.1) is 0 Å². The molecule has 2 saturated carbocycles. The van der Waals surface area contributed by atoms with Gasteiger partial charge >= 0.3 is 11.9 Å². The van der Waals surface area contributed by atoms with Gasteiger partial charge in [-0.2, -0.15) is 0 Å². The van der Waals surface area contributed by atoms with Gasteiger partial charge in [0, 0.05) is 12.1 Å². The van der Waals surface area contributed by atoms with E-state index in [-0.39, 0.29) is 29.2 Å². The fourth-order valence-electron chi connectivity index (χ4n) is 3.94. The number of thioether (sulfide) groups is 1. The van der Waals surface area contributed by atoms with Crippen LogP contribution >= 0.6 is 11.8 Å². The number of nitrogens with zero attached hydrogens (tertiary/aromatic N) is 1. The summed E-state index contributed by atoms with van der Waals surface area (Å²) < 4.78 is 10.4. The molecule has 0 amide bonds. The summed E-state index contributed by atoms with van der Waals surface area (Å²) in [5.74, 6) is 0.541. The predicted molar refractivity (Wildman–Crippen MR) is 74.8 cm³/mol. The largest absolute Gasteiger partial charge is 0.465 e. The third-order valence-electron chi connectivity index (χ3n) is 4.84. The fourth-order valence-corrected chi connectivity index (χ4v) is 5.41. The number of methoxy groups -OCH3 is 1. The van der Waals surface area contributed by atoms with Crippen molar-refractivity contribution < 1.29 is 19.1 Å². The van der Waals surface area contributed by atoms with Crippen molar-refractivity contribution in [3.05, 3.63) is 23.9 Å². The Morgan fingerprint density at radius 1 is 1.48 bits per heavy atom. The molecule has 2 heterocycles. The number of ether oxygens (including phenoxy) is 2. The summed E-state index contributed by atoms with van der Waals surface area (Å²) in [5.41, 5.74) is 0.480. The smallest absolute Gasteiger partial charge is 0.340 e. The zero-order valence-electron chi connectivity index (χ0n) is 11.5. The molecular formula is C15H15NO4S. The molecule has 1 aromatic heterocycles. The molecule has 2 bridgehead atoms. The van der Waals surface area contributed by atoms with E-state index in [2.05, 4.69) is 4.98 Å². The molecule has 4 rings (SSSR count). The Labute approximate surface area is 126 Å². The minimum atomic E-state index is -0.380. The molecule has 2 aliphatic carbocycles. The van der Waals surface area contributed by atoms with Gasteiger partial charge in [0.2, 0.25) is 0 Å². The van der Waals surface area contributed by atoms with E-state index in [0.717, 1.165) is 12.8 Å². The lowest BCUT2D eigenvalue weighted by molar-refractivity contribution is -0.143. The van der Waals surface area contributed by atoms with E-state index in [9.17, 15) is 9.59 Å². The van der Waals surface area contributed by atoms with Crippen LogP contribution in [0.1, 0.15) is 23.2 Å². The molecule has 0 N–H and O–H groups in total. The second kappa shape index (κ2) is 4.73. The Morgan fingerprint density at radius 3 is 3.14 bits per heavy atom. The number of esters is 2. The molecule has 1 aromatic rings. The molecule has 0 radical (unpaired) electrons. The van der Waals surface area contributed by atoms with E-state index in [0.29, 0.717) is 22.4 Å². The van der Waals surface area contributed by atoms with E-state index in [1.54, 1.807) is 30.1 Å². The summed E-state index contributed by atoms with van der Waals surface area (Å²) in [7, 11) is 1.37. The van der Waals surface area contributed by atoms with Crippen molar-refractivity contribution in [2.45, 2.75) is 29.2 Å². The molecule has 6 heteroatoms. The first-order valence-corrected chi connectivity index (χ1v) is 7.97. The maximum atomic E-state index is 11.8. The van der Waals surface area contributed by atoms with Crippen molar-refractivity contribution in [2.24, 2.45) is 17.8 Å². The van der Waals surface area contributed by atoms with Crippen LogP contribution in [-0.4, -0.2) is 35.4 Å². The number of pyridine rings is 1. The number of hydrogen-bond acceptors (Lipinski definition) is 6. The maximum absolute atomic E-state index is 11.8. The summed E-state index contributed by atoms with van der Waals surface area (Å²) >= 11 is 1.56. The summed E-state index contributed by atoms with van der Waals surface area (Å²) in [6, 6.07) is 3.45. The van der Waals surface area contributed by atoms with Gasteiger partial charge < -0.3 is 9.47 Å². The van der Waals surface area contributed by atoms with Crippen LogP contribution in [0.3, 0.4) is 0 Å². The molecule has 21 heavy (non-hydrogen) atoms. The number of fused-ring (bicyclic) bond motifs is 1. The zero-order chi connectivity index (χ0) is 14.6. The van der Waals surface area contributed by atoms with Crippen molar-refractivity contribution in [3.8, 4) is 0 Å². The highest BCUT2D eigenvalue weighted by molar-refractivity contribution is 8.00. The lowest BCUT2D eigenvalue weighted by Crippen LogP contribution is -2.29. The number of aromatic nitrogens is 1. The first kappa shape index (κ1) is 13.1. The average molecular weight is 305 g/mol. The predicted octanol–water partition coefficient (Wildman–Crippen LogP) is 1.91. The van der Waals surface area contributed by atoms with Crippen LogP contribution < -0.4 is 0 Å². The van der Waals surface area contributed by atoms with Crippen molar-refractivity contribution in [1.29, 1.82) is 0 Å². The molecule has 0 aromatic carbocycles. The minimum absolute atomic E-state index is 0.0150. The molecule has 110 valence electrons. The SMILES string of the molecule is COC(=O)c1cccnc1S[C@@H]1[C@@H]2C[C@@H]3[C@H]1OC(=O)[C@@H]3C2. The molecule has 5 nitrogen and oxygen atoms in total. The fraction of sp³-hybridized carbons (Fsp3) is 0.533. The highest BCUT2D eigenvalue weighted by atomic mass is 32.2. The molecule has 5 atom stereocenters. The molecule has 0 spiro atoms. The van der Waals surface area contributed by atoms with Crippen molar-refractivity contribution in [3.63, 3.8) is 0 Å². The molecule has 1 aliphatic heterocycles. The highest BCUT2D eigenvalue weighted by Crippen LogP contribution is 2.58. The lowest BCUT2D eigenvalue weighted by Gasteiger charge is -2.24. The van der Waals surface area contributed by atoms with Crippen molar-refractivity contribution >= 4 is 23.7 Å². The molecule has 0 unspecified atom stereocenters. The summed E-state index contributed by atoms with van der Waals surface area (Å²) in [6.45, 7) is 0. The van der Waals surface area contributed by atoms with Gasteiger partial charge in [-0.05, 0) is 30.9 Å². The van der Waals surface area contributed by atoms with Gasteiger partial charge in [0.1, 0.15) is 11.1 Å². The van der Waals surface area contributed by atoms with Crippen molar-refractivity contribution in [2.75, 3.05) is 7.11 Å². The lowest BCUT2D eigenvalue weighted by atomic mass is 9.89. The van der Waals surface area contributed by atoms with E-state index in [1.807, 2.05) is 0 Å². The molecule has 3 fully saturated rings. The summed E-state index contributed by atoms with van der Waals surface area (Å²) in [5, 5.41) is 0.873. The van der Waals surface area contributed by atoms with Gasteiger partial charge in [-0.25, -0.2) is 9.78 Å². The number of rotatable bonds is 3. The Hall–Kier alpha value is -1.56. The zero-order valence-corrected chi connectivity index (χ0v) is 12.3. The average Bonchev–Trinajstić information content (AvgIpc) is 3.12. The molecular weight excluding hydrogens is 290 g/mol. The minimum Gasteiger partial charge on any atom is -0.465 e.